The second-order valence-corrected chi connectivity index (χ2v) is 11.3. The summed E-state index contributed by atoms with van der Waals surface area (Å²) >= 11 is 0. The van der Waals surface area contributed by atoms with Crippen molar-refractivity contribution in [1.82, 2.24) is 5.32 Å². The Hall–Kier alpha value is -2.83. The Bertz CT molecular complexity index is 1110. The van der Waals surface area contributed by atoms with Crippen molar-refractivity contribution in [3.63, 3.8) is 0 Å². The van der Waals surface area contributed by atoms with E-state index in [4.69, 9.17) is 4.74 Å². The number of nitrogens with zero attached hydrogens (tertiary/aromatic N) is 2. The molecule has 186 valence electrons. The molecule has 1 atom stereocenters. The van der Waals surface area contributed by atoms with Gasteiger partial charge in [-0.05, 0) is 47.4 Å². The maximum atomic E-state index is 12.4. The zero-order valence-electron chi connectivity index (χ0n) is 21.8. The molecule has 0 aliphatic carbocycles. The van der Waals surface area contributed by atoms with E-state index in [0.29, 0.717) is 13.0 Å². The van der Waals surface area contributed by atoms with E-state index in [9.17, 15) is 4.79 Å². The van der Waals surface area contributed by atoms with Gasteiger partial charge in [-0.2, -0.15) is 0 Å². The third kappa shape index (κ3) is 4.95. The lowest BCUT2D eigenvalue weighted by Gasteiger charge is -2.39. The number of benzene rings is 2. The Kier molecular flexibility index (Phi) is 7.52. The minimum Gasteiger partial charge on any atom is -0.378 e. The van der Waals surface area contributed by atoms with Gasteiger partial charge in [-0.25, -0.2) is 0 Å². The molecule has 2 aliphatic rings. The van der Waals surface area contributed by atoms with Crippen LogP contribution in [0.5, 0.6) is 0 Å². The van der Waals surface area contributed by atoms with Crippen molar-refractivity contribution in [2.24, 2.45) is 0 Å². The molecule has 1 saturated heterocycles. The van der Waals surface area contributed by atoms with E-state index in [1.165, 1.54) is 38.8 Å². The Morgan fingerprint density at radius 3 is 2.66 bits per heavy atom. The smallest absolute Gasteiger partial charge is 0.224 e. The summed E-state index contributed by atoms with van der Waals surface area (Å²) < 4.78 is 6.47. The highest BCUT2D eigenvalue weighted by atomic mass is 28.1. The van der Waals surface area contributed by atoms with Gasteiger partial charge < -0.3 is 19.9 Å². The topological polar surface area (TPSA) is 44.8 Å². The number of allylic oxidation sites excluding steroid dienone is 2. The van der Waals surface area contributed by atoms with Crippen LogP contribution in [0.25, 0.3) is 6.08 Å². The van der Waals surface area contributed by atoms with Crippen LogP contribution in [0, 0.1) is 0 Å². The van der Waals surface area contributed by atoms with Crippen LogP contribution in [-0.2, 0) is 21.4 Å². The first-order valence-corrected chi connectivity index (χ1v) is 14.1. The van der Waals surface area contributed by atoms with Crippen LogP contribution in [0.3, 0.4) is 0 Å². The molecule has 1 N–H and O–H groups in total. The van der Waals surface area contributed by atoms with E-state index < -0.39 is 5.72 Å². The maximum Gasteiger partial charge on any atom is 0.224 e. The van der Waals surface area contributed by atoms with E-state index >= 15 is 0 Å². The van der Waals surface area contributed by atoms with E-state index in [1.807, 2.05) is 14.1 Å². The van der Waals surface area contributed by atoms with E-state index in [2.05, 4.69) is 95.7 Å². The zero-order valence-corrected chi connectivity index (χ0v) is 23.8. The Labute approximate surface area is 213 Å². The van der Waals surface area contributed by atoms with E-state index in [0.717, 1.165) is 25.1 Å². The highest BCUT2D eigenvalue weighted by Gasteiger charge is 2.59. The van der Waals surface area contributed by atoms with Gasteiger partial charge in [0.15, 0.2) is 5.72 Å². The molecular weight excluding hydrogens is 450 g/mol. The quantitative estimate of drug-likeness (QED) is 0.332. The monoisotopic (exact) mass is 489 g/mol. The minimum atomic E-state index is -0.527. The predicted octanol–water partition coefficient (Wildman–Crippen LogP) is 3.68. The van der Waals surface area contributed by atoms with Gasteiger partial charge >= 0.3 is 0 Å². The standard InChI is InChI=1S/C29H39N3O2Si/c1-28(2)25-14-11-23(21-27(33)30-16-7-19-35)20-26(25)32-17-18-34-29(28,32)15-6-5-8-22-9-12-24(13-10-22)31(3)4/h5-6,8-15,20H,7,16-19,21H2,1-4,35H3,(H,30,33). The summed E-state index contributed by atoms with van der Waals surface area (Å²) in [6, 6.07) is 16.2. The molecule has 1 fully saturated rings. The van der Waals surface area contributed by atoms with Crippen LogP contribution in [-0.4, -0.2) is 55.7 Å². The normalized spacial score (nSPS) is 20.5. The average Bonchev–Trinajstić information content (AvgIpc) is 3.34. The lowest BCUT2D eigenvalue weighted by Crippen LogP contribution is -2.51. The minimum absolute atomic E-state index is 0.102. The van der Waals surface area contributed by atoms with Gasteiger partial charge in [0, 0.05) is 54.2 Å². The van der Waals surface area contributed by atoms with Crippen molar-refractivity contribution in [2.45, 2.75) is 43.9 Å². The van der Waals surface area contributed by atoms with Crippen molar-refractivity contribution in [3.05, 3.63) is 77.4 Å². The molecule has 0 aromatic heterocycles. The Morgan fingerprint density at radius 2 is 1.94 bits per heavy atom. The van der Waals surface area contributed by atoms with Crippen molar-refractivity contribution >= 4 is 33.6 Å². The van der Waals surface area contributed by atoms with Crippen LogP contribution in [0.4, 0.5) is 11.4 Å². The van der Waals surface area contributed by atoms with Crippen molar-refractivity contribution in [1.29, 1.82) is 0 Å². The molecule has 0 bridgehead atoms. The maximum absolute atomic E-state index is 12.4. The summed E-state index contributed by atoms with van der Waals surface area (Å²) in [6.45, 7) is 6.82. The third-order valence-corrected chi connectivity index (χ3v) is 8.02. The summed E-state index contributed by atoms with van der Waals surface area (Å²) in [7, 11) is 5.29. The number of carbonyl (C=O) groups excluding carboxylic acids is 1. The molecule has 2 aromatic rings. The molecule has 1 amide bonds. The van der Waals surface area contributed by atoms with Crippen molar-refractivity contribution in [3.8, 4) is 0 Å². The van der Waals surface area contributed by atoms with Gasteiger partial charge in [0.25, 0.3) is 0 Å². The molecule has 2 heterocycles. The van der Waals surface area contributed by atoms with Crippen LogP contribution in [0.1, 0.15) is 37.0 Å². The number of anilines is 2. The SMILES string of the molecule is CN(C)c1ccc(C=CC=CC23OCCN2c2cc(CC(=O)NCCC[SiH3])ccc2C3(C)C)cc1. The van der Waals surface area contributed by atoms with Gasteiger partial charge in [0.2, 0.25) is 5.91 Å². The molecule has 0 radical (unpaired) electrons. The fourth-order valence-electron chi connectivity index (χ4n) is 5.22. The van der Waals surface area contributed by atoms with E-state index in [-0.39, 0.29) is 11.3 Å². The first-order valence-electron chi connectivity index (χ1n) is 12.7. The first-order chi connectivity index (χ1) is 16.8. The second kappa shape index (κ2) is 10.4. The highest BCUT2D eigenvalue weighted by Crippen LogP contribution is 2.55. The second-order valence-electron chi connectivity index (χ2n) is 10.3. The summed E-state index contributed by atoms with van der Waals surface area (Å²) in [5.74, 6) is 0.102. The summed E-state index contributed by atoms with van der Waals surface area (Å²) in [5.41, 5.74) is 5.12. The van der Waals surface area contributed by atoms with Gasteiger partial charge in [-0.3, -0.25) is 4.79 Å². The summed E-state index contributed by atoms with van der Waals surface area (Å²) in [6.07, 6.45) is 10.0. The first kappa shape index (κ1) is 25.3. The molecule has 6 heteroatoms. The van der Waals surface area contributed by atoms with E-state index in [1.54, 1.807) is 0 Å². The molecule has 5 nitrogen and oxygen atoms in total. The fourth-order valence-corrected chi connectivity index (χ4v) is 5.57. The fraction of sp³-hybridized carbons (Fsp3) is 0.414. The lowest BCUT2D eigenvalue weighted by atomic mass is 9.77. The zero-order chi connectivity index (χ0) is 25.1. The molecule has 0 spiro atoms. The lowest BCUT2D eigenvalue weighted by molar-refractivity contribution is -0.120. The number of hydrogen-bond donors (Lipinski definition) is 1. The van der Waals surface area contributed by atoms with Gasteiger partial charge in [-0.1, -0.05) is 62.4 Å². The number of hydrogen-bond acceptors (Lipinski definition) is 4. The van der Waals surface area contributed by atoms with Crippen molar-refractivity contribution < 1.29 is 9.53 Å². The van der Waals surface area contributed by atoms with Crippen LogP contribution >= 0.6 is 0 Å². The number of fused-ring (bicyclic) bond motifs is 3. The predicted molar refractivity (Wildman–Crippen MR) is 151 cm³/mol. The molecular formula is C29H39N3O2Si. The van der Waals surface area contributed by atoms with Crippen LogP contribution in [0.2, 0.25) is 6.04 Å². The van der Waals surface area contributed by atoms with Crippen molar-refractivity contribution in [2.75, 3.05) is 43.6 Å². The van der Waals surface area contributed by atoms with Crippen LogP contribution in [0.15, 0.2) is 60.7 Å². The number of amides is 1. The highest BCUT2D eigenvalue weighted by molar-refractivity contribution is 6.08. The van der Waals surface area contributed by atoms with Gasteiger partial charge in [0.05, 0.1) is 13.0 Å². The summed E-state index contributed by atoms with van der Waals surface area (Å²) in [5, 5.41) is 3.05. The molecule has 1 unspecified atom stereocenters. The van der Waals surface area contributed by atoms with Gasteiger partial charge in [0.1, 0.15) is 0 Å². The molecule has 2 aromatic carbocycles. The average molecular weight is 490 g/mol. The summed E-state index contributed by atoms with van der Waals surface area (Å²) in [4.78, 5) is 16.9. The number of rotatable bonds is 9. The number of nitrogens with one attached hydrogen (secondary N) is 1. The Morgan fingerprint density at radius 1 is 1.17 bits per heavy atom. The third-order valence-electron chi connectivity index (χ3n) is 7.31. The van der Waals surface area contributed by atoms with Crippen LogP contribution < -0.4 is 15.1 Å². The number of ether oxygens (including phenoxy) is 1. The molecule has 2 aliphatic heterocycles. The molecule has 4 rings (SSSR count). The number of carbonyl (C=O) groups is 1. The largest absolute Gasteiger partial charge is 0.378 e. The molecule has 35 heavy (non-hydrogen) atoms. The Balaban J connectivity index is 1.52. The van der Waals surface area contributed by atoms with Gasteiger partial charge in [-0.15, -0.1) is 0 Å². The molecule has 0 saturated carbocycles.